The number of thiazole rings is 1. The van der Waals surface area contributed by atoms with Gasteiger partial charge >= 0.3 is 0 Å². The summed E-state index contributed by atoms with van der Waals surface area (Å²) in [7, 11) is -3.53. The molecule has 2 unspecified atom stereocenters. The Labute approximate surface area is 162 Å². The fraction of sp³-hybridized carbons (Fsp3) is 0.333. The zero-order chi connectivity index (χ0) is 19.2. The minimum absolute atomic E-state index is 0.174. The molecule has 1 aliphatic rings. The number of hydrogen-bond acceptors (Lipinski definition) is 7. The van der Waals surface area contributed by atoms with Crippen LogP contribution in [-0.2, 0) is 10.0 Å². The zero-order valence-electron chi connectivity index (χ0n) is 15.2. The van der Waals surface area contributed by atoms with E-state index in [0.717, 1.165) is 26.5 Å². The summed E-state index contributed by atoms with van der Waals surface area (Å²) in [6.07, 6.45) is 1.75. The fourth-order valence-electron chi connectivity index (χ4n) is 3.42. The predicted octanol–water partition coefficient (Wildman–Crippen LogP) is 2.66. The number of pyridine rings is 1. The number of aryl methyl sites for hydroxylation is 1. The molecule has 1 fully saturated rings. The Bertz CT molecular complexity index is 1050. The van der Waals surface area contributed by atoms with Gasteiger partial charge in [-0.1, -0.05) is 11.3 Å². The van der Waals surface area contributed by atoms with Gasteiger partial charge in [-0.05, 0) is 56.7 Å². The second-order valence-electron chi connectivity index (χ2n) is 6.85. The Balaban J connectivity index is 1.62. The average molecular weight is 404 g/mol. The van der Waals surface area contributed by atoms with E-state index in [1.165, 1.54) is 11.3 Å². The van der Waals surface area contributed by atoms with Crippen LogP contribution in [-0.4, -0.2) is 35.7 Å². The third-order valence-corrected chi connectivity index (χ3v) is 7.84. The van der Waals surface area contributed by atoms with Crippen molar-refractivity contribution >= 4 is 37.4 Å². The second-order valence-corrected chi connectivity index (χ2v) is 9.67. The van der Waals surface area contributed by atoms with Crippen molar-refractivity contribution in [1.29, 1.82) is 0 Å². The maximum absolute atomic E-state index is 12.8. The number of hydrogen-bond donors (Lipinski definition) is 3. The second kappa shape index (κ2) is 6.83. The summed E-state index contributed by atoms with van der Waals surface area (Å²) in [6, 6.07) is 9.09. The van der Waals surface area contributed by atoms with Gasteiger partial charge in [-0.3, -0.25) is 15.6 Å². The van der Waals surface area contributed by atoms with Gasteiger partial charge in [0, 0.05) is 23.8 Å². The van der Waals surface area contributed by atoms with Crippen LogP contribution in [0, 0.1) is 6.92 Å². The molecule has 0 bridgehead atoms. The van der Waals surface area contributed by atoms with Gasteiger partial charge < -0.3 is 0 Å². The van der Waals surface area contributed by atoms with Gasteiger partial charge in [0.25, 0.3) is 0 Å². The van der Waals surface area contributed by atoms with Crippen molar-refractivity contribution in [3.63, 3.8) is 0 Å². The van der Waals surface area contributed by atoms with Crippen LogP contribution in [0.2, 0.25) is 0 Å². The molecule has 0 amide bonds. The van der Waals surface area contributed by atoms with Crippen molar-refractivity contribution in [2.45, 2.75) is 38.1 Å². The third kappa shape index (κ3) is 3.43. The molecule has 3 N–H and O–H groups in total. The number of fused-ring (bicyclic) bond motifs is 1. The van der Waals surface area contributed by atoms with E-state index in [2.05, 4.69) is 25.5 Å². The molecule has 2 atom stereocenters. The lowest BCUT2D eigenvalue weighted by atomic mass is 10.1. The first kappa shape index (κ1) is 18.3. The van der Waals surface area contributed by atoms with E-state index in [1.807, 2.05) is 45.0 Å². The largest absolute Gasteiger partial charge is 0.283 e. The summed E-state index contributed by atoms with van der Waals surface area (Å²) < 4.78 is 28.4. The molecule has 142 valence electrons. The Kier molecular flexibility index (Phi) is 4.63. The van der Waals surface area contributed by atoms with Gasteiger partial charge in [-0.25, -0.2) is 18.4 Å². The number of anilines is 1. The van der Waals surface area contributed by atoms with Crippen molar-refractivity contribution in [2.24, 2.45) is 0 Å². The summed E-state index contributed by atoms with van der Waals surface area (Å²) in [5.41, 5.74) is 9.22. The van der Waals surface area contributed by atoms with E-state index in [-0.39, 0.29) is 12.1 Å². The topological polar surface area (TPSA) is 96.0 Å². The number of aromatic nitrogens is 2. The molecule has 0 aliphatic carbocycles. The van der Waals surface area contributed by atoms with Crippen molar-refractivity contribution in [3.05, 3.63) is 42.1 Å². The molecule has 0 spiro atoms. The van der Waals surface area contributed by atoms with Gasteiger partial charge in [0.1, 0.15) is 20.6 Å². The molecule has 1 saturated heterocycles. The molecule has 7 nitrogen and oxygen atoms in total. The summed E-state index contributed by atoms with van der Waals surface area (Å²) in [4.78, 5) is 9.83. The highest BCUT2D eigenvalue weighted by Gasteiger charge is 2.40. The van der Waals surface area contributed by atoms with Crippen molar-refractivity contribution in [1.82, 2.24) is 20.8 Å². The Morgan fingerprint density at radius 2 is 1.89 bits per heavy atom. The molecular formula is C18H21N5O2S2. The summed E-state index contributed by atoms with van der Waals surface area (Å²) in [6.45, 7) is 5.61. The molecule has 27 heavy (non-hydrogen) atoms. The average Bonchev–Trinajstić information content (AvgIpc) is 3.20. The number of hydrazine groups is 1. The Morgan fingerprint density at radius 1 is 1.15 bits per heavy atom. The lowest BCUT2D eigenvalue weighted by molar-refractivity contribution is 0.564. The van der Waals surface area contributed by atoms with Crippen LogP contribution in [0.5, 0.6) is 0 Å². The molecule has 3 aromatic rings. The molecule has 1 aliphatic heterocycles. The van der Waals surface area contributed by atoms with Crippen LogP contribution in [0.3, 0.4) is 0 Å². The first-order valence-corrected chi connectivity index (χ1v) is 11.1. The SMILES string of the molecule is Cc1cc(-c2nc3cccnc3s2)ccc1NS(=O)(=O)C1C(C)NNC1C. The predicted molar refractivity (Wildman–Crippen MR) is 109 cm³/mol. The maximum Gasteiger partial charge on any atom is 0.238 e. The van der Waals surface area contributed by atoms with Gasteiger partial charge in [0.15, 0.2) is 0 Å². The first-order valence-electron chi connectivity index (χ1n) is 8.70. The lowest BCUT2D eigenvalue weighted by Crippen LogP contribution is -2.41. The molecule has 0 radical (unpaired) electrons. The van der Waals surface area contributed by atoms with Crippen LogP contribution in [0.15, 0.2) is 36.5 Å². The molecule has 4 rings (SSSR count). The zero-order valence-corrected chi connectivity index (χ0v) is 16.9. The molecular weight excluding hydrogens is 382 g/mol. The van der Waals surface area contributed by atoms with E-state index >= 15 is 0 Å². The smallest absolute Gasteiger partial charge is 0.238 e. The Hall–Kier alpha value is -2.07. The molecule has 0 saturated carbocycles. The minimum Gasteiger partial charge on any atom is -0.283 e. The van der Waals surface area contributed by atoms with Crippen LogP contribution >= 0.6 is 11.3 Å². The summed E-state index contributed by atoms with van der Waals surface area (Å²) >= 11 is 1.52. The number of benzene rings is 1. The van der Waals surface area contributed by atoms with Crippen molar-refractivity contribution < 1.29 is 8.42 Å². The van der Waals surface area contributed by atoms with E-state index < -0.39 is 15.3 Å². The van der Waals surface area contributed by atoms with E-state index in [9.17, 15) is 8.42 Å². The minimum atomic E-state index is -3.53. The van der Waals surface area contributed by atoms with E-state index in [1.54, 1.807) is 12.3 Å². The van der Waals surface area contributed by atoms with E-state index in [0.29, 0.717) is 5.69 Å². The maximum atomic E-state index is 12.8. The highest BCUT2D eigenvalue weighted by atomic mass is 32.2. The van der Waals surface area contributed by atoms with Crippen molar-refractivity contribution in [2.75, 3.05) is 4.72 Å². The third-order valence-electron chi connectivity index (χ3n) is 4.77. The number of rotatable bonds is 4. The van der Waals surface area contributed by atoms with Crippen molar-refractivity contribution in [3.8, 4) is 10.6 Å². The van der Waals surface area contributed by atoms with Gasteiger partial charge in [0.2, 0.25) is 10.0 Å². The van der Waals surface area contributed by atoms with E-state index in [4.69, 9.17) is 0 Å². The monoisotopic (exact) mass is 403 g/mol. The normalized spacial score (nSPS) is 23.0. The first-order chi connectivity index (χ1) is 12.8. The highest BCUT2D eigenvalue weighted by Crippen LogP contribution is 2.31. The molecule has 2 aromatic heterocycles. The summed E-state index contributed by atoms with van der Waals surface area (Å²) in [5, 5.41) is 0.319. The number of nitrogens with one attached hydrogen (secondary N) is 3. The Morgan fingerprint density at radius 3 is 2.56 bits per heavy atom. The number of nitrogens with zero attached hydrogens (tertiary/aromatic N) is 2. The van der Waals surface area contributed by atoms with Crippen LogP contribution in [0.4, 0.5) is 5.69 Å². The van der Waals surface area contributed by atoms with Gasteiger partial charge in [-0.15, -0.1) is 0 Å². The quantitative estimate of drug-likeness (QED) is 0.620. The highest BCUT2D eigenvalue weighted by molar-refractivity contribution is 7.93. The molecule has 9 heteroatoms. The van der Waals surface area contributed by atoms with Crippen LogP contribution in [0.1, 0.15) is 19.4 Å². The standard InChI is InChI=1S/C18H21N5O2S2/c1-10-9-13(17-20-15-5-4-8-19-18(15)26-17)6-7-14(10)23-27(24,25)16-11(2)21-22-12(16)3/h4-9,11-12,16,21-23H,1-3H3. The van der Waals surface area contributed by atoms with Gasteiger partial charge in [0.05, 0.1) is 5.69 Å². The molecule has 1 aromatic carbocycles. The fourth-order valence-corrected chi connectivity index (χ4v) is 6.21. The summed E-state index contributed by atoms with van der Waals surface area (Å²) in [5.74, 6) is 0. The lowest BCUT2D eigenvalue weighted by Gasteiger charge is -2.20. The van der Waals surface area contributed by atoms with Crippen LogP contribution < -0.4 is 15.6 Å². The van der Waals surface area contributed by atoms with Gasteiger partial charge in [-0.2, -0.15) is 0 Å². The molecule has 3 heterocycles. The number of sulfonamides is 1. The van der Waals surface area contributed by atoms with Crippen LogP contribution in [0.25, 0.3) is 20.9 Å².